The number of rotatable bonds is 6. The Morgan fingerprint density at radius 1 is 1.07 bits per heavy atom. The fraction of sp³-hybridized carbons (Fsp3) is 0.158. The molecule has 3 aromatic rings. The van der Waals surface area contributed by atoms with Gasteiger partial charge in [0.2, 0.25) is 11.1 Å². The van der Waals surface area contributed by atoms with Crippen LogP contribution in [0, 0.1) is 0 Å². The number of nitrogens with one attached hydrogen (secondary N) is 3. The van der Waals surface area contributed by atoms with E-state index in [-0.39, 0.29) is 0 Å². The summed E-state index contributed by atoms with van der Waals surface area (Å²) in [5, 5.41) is 11.8. The number of hydrogen-bond acceptors (Lipinski definition) is 5. The first-order valence-corrected chi connectivity index (χ1v) is 9.33. The van der Waals surface area contributed by atoms with Crippen LogP contribution in [-0.4, -0.2) is 33.7 Å². The molecule has 0 aliphatic heterocycles. The maximum atomic E-state index is 12.7. The van der Waals surface area contributed by atoms with Crippen molar-refractivity contribution in [1.82, 2.24) is 25.8 Å². The Morgan fingerprint density at radius 2 is 1.74 bits per heavy atom. The van der Waals surface area contributed by atoms with Gasteiger partial charge >= 0.3 is 6.03 Å². The molecule has 2 aromatic carbocycles. The lowest BCUT2D eigenvalue weighted by Crippen LogP contribution is -2.41. The van der Waals surface area contributed by atoms with Crippen molar-refractivity contribution in [3.63, 3.8) is 0 Å². The molecular formula is C19H19N5O2S. The highest BCUT2D eigenvalue weighted by Crippen LogP contribution is 2.34. The summed E-state index contributed by atoms with van der Waals surface area (Å²) in [6.07, 6.45) is 0. The van der Waals surface area contributed by atoms with Gasteiger partial charge in [-0.1, -0.05) is 72.4 Å². The fourth-order valence-corrected chi connectivity index (χ4v) is 3.32. The summed E-state index contributed by atoms with van der Waals surface area (Å²) in [5.74, 6) is 0.192. The molecule has 0 aliphatic carbocycles. The van der Waals surface area contributed by atoms with E-state index in [0.29, 0.717) is 17.5 Å². The zero-order valence-electron chi connectivity index (χ0n) is 14.7. The van der Waals surface area contributed by atoms with Crippen LogP contribution in [0.2, 0.25) is 0 Å². The van der Waals surface area contributed by atoms with Crippen LogP contribution >= 0.6 is 11.8 Å². The number of H-pyrrole nitrogens is 1. The van der Waals surface area contributed by atoms with Gasteiger partial charge in [0.05, 0.1) is 0 Å². The van der Waals surface area contributed by atoms with E-state index in [4.69, 9.17) is 0 Å². The normalized spacial score (nSPS) is 11.6. The number of nitrogens with zero attached hydrogens (tertiary/aromatic N) is 2. The number of urea groups is 1. The largest absolute Gasteiger partial charge is 0.338 e. The van der Waals surface area contributed by atoms with Crippen LogP contribution in [0.25, 0.3) is 11.4 Å². The van der Waals surface area contributed by atoms with Gasteiger partial charge in [-0.05, 0) is 12.5 Å². The first kappa shape index (κ1) is 18.7. The summed E-state index contributed by atoms with van der Waals surface area (Å²) in [6.45, 7) is 2.22. The molecule has 7 nitrogen and oxygen atoms in total. The summed E-state index contributed by atoms with van der Waals surface area (Å²) < 4.78 is 0. The van der Waals surface area contributed by atoms with Crippen LogP contribution in [0.15, 0.2) is 65.8 Å². The molecule has 1 heterocycles. The smallest absolute Gasteiger partial charge is 0.321 e. The van der Waals surface area contributed by atoms with Gasteiger partial charge in [0, 0.05) is 12.1 Å². The lowest BCUT2D eigenvalue weighted by molar-refractivity contribution is -0.119. The van der Waals surface area contributed by atoms with Crippen molar-refractivity contribution in [3.05, 3.63) is 66.2 Å². The second kappa shape index (κ2) is 9.00. The van der Waals surface area contributed by atoms with Crippen LogP contribution in [0.3, 0.4) is 0 Å². The third kappa shape index (κ3) is 4.95. The van der Waals surface area contributed by atoms with E-state index in [0.717, 1.165) is 11.1 Å². The van der Waals surface area contributed by atoms with Gasteiger partial charge in [-0.25, -0.2) is 9.78 Å². The highest BCUT2D eigenvalue weighted by molar-refractivity contribution is 8.00. The molecule has 138 valence electrons. The van der Waals surface area contributed by atoms with Gasteiger partial charge in [-0.3, -0.25) is 15.2 Å². The van der Waals surface area contributed by atoms with E-state index in [1.807, 2.05) is 60.7 Å². The zero-order valence-corrected chi connectivity index (χ0v) is 15.5. The monoisotopic (exact) mass is 381 g/mol. The van der Waals surface area contributed by atoms with E-state index in [9.17, 15) is 9.59 Å². The lowest BCUT2D eigenvalue weighted by Gasteiger charge is -2.14. The molecule has 8 heteroatoms. The maximum absolute atomic E-state index is 12.7. The molecule has 0 saturated heterocycles. The van der Waals surface area contributed by atoms with Gasteiger partial charge in [-0.15, -0.1) is 5.10 Å². The lowest BCUT2D eigenvalue weighted by atomic mass is 10.1. The van der Waals surface area contributed by atoms with Crippen molar-refractivity contribution in [3.8, 4) is 11.4 Å². The van der Waals surface area contributed by atoms with Gasteiger partial charge in [0.25, 0.3) is 0 Å². The standard InChI is InChI=1S/C19H19N5O2S/c1-2-20-18(26)22-17(25)15(13-9-5-3-6-10-13)27-19-21-16(23-24-19)14-11-7-4-8-12-14/h3-12,15H,2H2,1H3,(H,21,23,24)(H2,20,22,25,26)/t15-/m1/s1. The van der Waals surface area contributed by atoms with Crippen LogP contribution in [0.5, 0.6) is 0 Å². The topological polar surface area (TPSA) is 99.8 Å². The highest BCUT2D eigenvalue weighted by Gasteiger charge is 2.25. The van der Waals surface area contributed by atoms with Gasteiger partial charge in [0.1, 0.15) is 5.25 Å². The molecule has 1 atom stereocenters. The summed E-state index contributed by atoms with van der Waals surface area (Å²) in [5.41, 5.74) is 1.66. The number of thioether (sulfide) groups is 1. The zero-order chi connectivity index (χ0) is 19.1. The minimum absolute atomic E-state index is 0.425. The molecule has 0 unspecified atom stereocenters. The van der Waals surface area contributed by atoms with E-state index in [1.54, 1.807) is 6.92 Å². The number of aromatic nitrogens is 3. The van der Waals surface area contributed by atoms with Crippen LogP contribution in [0.1, 0.15) is 17.7 Å². The maximum Gasteiger partial charge on any atom is 0.321 e. The predicted octanol–water partition coefficient (Wildman–Crippen LogP) is 3.15. The third-order valence-corrected chi connectivity index (χ3v) is 4.77. The summed E-state index contributed by atoms with van der Waals surface area (Å²) >= 11 is 1.18. The Labute approximate surface area is 161 Å². The van der Waals surface area contributed by atoms with Gasteiger partial charge < -0.3 is 5.32 Å². The molecule has 0 fully saturated rings. The Hall–Kier alpha value is -3.13. The number of imide groups is 1. The second-order valence-corrected chi connectivity index (χ2v) is 6.66. The Balaban J connectivity index is 1.81. The number of aromatic amines is 1. The van der Waals surface area contributed by atoms with Gasteiger partial charge in [0.15, 0.2) is 5.82 Å². The Morgan fingerprint density at radius 3 is 2.41 bits per heavy atom. The van der Waals surface area contributed by atoms with E-state index >= 15 is 0 Å². The molecule has 0 bridgehead atoms. The minimum Gasteiger partial charge on any atom is -0.338 e. The van der Waals surface area contributed by atoms with E-state index < -0.39 is 17.2 Å². The first-order chi connectivity index (χ1) is 13.2. The van der Waals surface area contributed by atoms with Crippen molar-refractivity contribution in [2.75, 3.05) is 6.54 Å². The average Bonchev–Trinajstić information content (AvgIpc) is 3.16. The van der Waals surface area contributed by atoms with Crippen molar-refractivity contribution >= 4 is 23.7 Å². The number of carbonyl (C=O) groups is 2. The SMILES string of the molecule is CCNC(=O)NC(=O)[C@H](Sc1n[nH]c(-c2ccccc2)n1)c1ccccc1. The average molecular weight is 381 g/mol. The summed E-state index contributed by atoms with van der Waals surface area (Å²) in [6, 6.07) is 18.3. The molecule has 3 rings (SSSR count). The summed E-state index contributed by atoms with van der Waals surface area (Å²) in [7, 11) is 0. The molecule has 0 spiro atoms. The van der Waals surface area contributed by atoms with Crippen LogP contribution < -0.4 is 10.6 Å². The van der Waals surface area contributed by atoms with E-state index in [2.05, 4.69) is 25.8 Å². The number of carbonyl (C=O) groups excluding carboxylic acids is 2. The Bertz CT molecular complexity index is 899. The molecule has 0 saturated carbocycles. The minimum atomic E-state index is -0.659. The second-order valence-electron chi connectivity index (χ2n) is 5.59. The van der Waals surface area contributed by atoms with Crippen molar-refractivity contribution < 1.29 is 9.59 Å². The molecule has 27 heavy (non-hydrogen) atoms. The predicted molar refractivity (Wildman–Crippen MR) is 104 cm³/mol. The van der Waals surface area contributed by atoms with Gasteiger partial charge in [-0.2, -0.15) is 0 Å². The molecule has 1 aromatic heterocycles. The fourth-order valence-electron chi connectivity index (χ4n) is 2.41. The number of benzene rings is 2. The first-order valence-electron chi connectivity index (χ1n) is 8.45. The number of hydrogen-bond donors (Lipinski definition) is 3. The van der Waals surface area contributed by atoms with Crippen molar-refractivity contribution in [2.45, 2.75) is 17.3 Å². The third-order valence-electron chi connectivity index (χ3n) is 3.65. The van der Waals surface area contributed by atoms with Crippen molar-refractivity contribution in [2.24, 2.45) is 0 Å². The van der Waals surface area contributed by atoms with Crippen LogP contribution in [0.4, 0.5) is 4.79 Å². The molecule has 3 N–H and O–H groups in total. The Kier molecular flexibility index (Phi) is 6.22. The number of amides is 3. The van der Waals surface area contributed by atoms with Crippen molar-refractivity contribution in [1.29, 1.82) is 0 Å². The molecule has 0 radical (unpaired) electrons. The molecule has 3 amide bonds. The molecular weight excluding hydrogens is 362 g/mol. The van der Waals surface area contributed by atoms with E-state index in [1.165, 1.54) is 11.8 Å². The highest BCUT2D eigenvalue weighted by atomic mass is 32.2. The summed E-state index contributed by atoms with van der Waals surface area (Å²) in [4.78, 5) is 28.9. The van der Waals surface area contributed by atoms with Crippen LogP contribution in [-0.2, 0) is 4.79 Å². The molecule has 0 aliphatic rings. The quantitative estimate of drug-likeness (QED) is 0.570.